The molecule has 3 aromatic rings. The van der Waals surface area contributed by atoms with E-state index < -0.39 is 23.0 Å². The van der Waals surface area contributed by atoms with Gasteiger partial charge in [-0.3, -0.25) is 10.1 Å². The number of methoxy groups -OCH3 is 1. The first kappa shape index (κ1) is 22.8. The smallest absolute Gasteiger partial charge is 0.407 e. The lowest BCUT2D eigenvalue weighted by Gasteiger charge is -2.17. The van der Waals surface area contributed by atoms with Gasteiger partial charge in [0.1, 0.15) is 12.6 Å². The molecule has 0 saturated carbocycles. The van der Waals surface area contributed by atoms with E-state index in [1.807, 2.05) is 48.5 Å². The van der Waals surface area contributed by atoms with Crippen LogP contribution in [0.2, 0.25) is 0 Å². The first-order valence-electron chi connectivity index (χ1n) is 10.5. The molecule has 2 N–H and O–H groups in total. The van der Waals surface area contributed by atoms with Gasteiger partial charge < -0.3 is 19.9 Å². The van der Waals surface area contributed by atoms with E-state index in [1.165, 1.54) is 25.3 Å². The standard InChI is InChI=1S/C25H22N2O7/c1-33-23-11-10-15(13-22(23)27(31)32)12-21(24(28)29)26-25(30)34-14-20-18-8-4-2-6-16(18)17-7-3-5-9-19(17)20/h2-11,13,20-21H,12,14H2,1H3,(H,26,30)(H,28,29). The Morgan fingerprint density at radius 3 is 2.24 bits per heavy atom. The van der Waals surface area contributed by atoms with E-state index in [2.05, 4.69) is 5.32 Å². The molecule has 3 aromatic carbocycles. The van der Waals surface area contributed by atoms with Gasteiger partial charge in [-0.25, -0.2) is 9.59 Å². The van der Waals surface area contributed by atoms with Crippen molar-refractivity contribution in [3.63, 3.8) is 0 Å². The normalized spacial score (nSPS) is 12.9. The highest BCUT2D eigenvalue weighted by Crippen LogP contribution is 2.44. The molecule has 0 spiro atoms. The Bertz CT molecular complexity index is 1210. The minimum atomic E-state index is -1.33. The van der Waals surface area contributed by atoms with Crippen molar-refractivity contribution in [1.82, 2.24) is 5.32 Å². The number of fused-ring (bicyclic) bond motifs is 3. The van der Waals surface area contributed by atoms with Gasteiger partial charge in [-0.05, 0) is 33.9 Å². The summed E-state index contributed by atoms with van der Waals surface area (Å²) in [5.74, 6) is -1.39. The molecule has 0 aliphatic heterocycles. The Morgan fingerprint density at radius 2 is 1.68 bits per heavy atom. The highest BCUT2D eigenvalue weighted by molar-refractivity contribution is 5.81. The van der Waals surface area contributed by atoms with Crippen LogP contribution in [-0.2, 0) is 16.0 Å². The maximum atomic E-state index is 12.5. The van der Waals surface area contributed by atoms with E-state index in [-0.39, 0.29) is 30.4 Å². The van der Waals surface area contributed by atoms with Crippen LogP contribution in [0.15, 0.2) is 66.7 Å². The van der Waals surface area contributed by atoms with Gasteiger partial charge in [-0.1, -0.05) is 54.6 Å². The summed E-state index contributed by atoms with van der Waals surface area (Å²) in [5.41, 5.74) is 4.31. The van der Waals surface area contributed by atoms with E-state index >= 15 is 0 Å². The SMILES string of the molecule is COc1ccc(CC(NC(=O)OCC2c3ccccc3-c3ccccc32)C(=O)O)cc1[N+](=O)[O-]. The predicted octanol–water partition coefficient (Wildman–Crippen LogP) is 4.14. The number of nitrogens with zero attached hydrogens (tertiary/aromatic N) is 1. The molecule has 0 saturated heterocycles. The van der Waals surface area contributed by atoms with E-state index in [4.69, 9.17) is 9.47 Å². The number of hydrogen-bond acceptors (Lipinski definition) is 6. The third-order valence-electron chi connectivity index (χ3n) is 5.81. The molecule has 1 aliphatic carbocycles. The Balaban J connectivity index is 1.44. The fourth-order valence-electron chi connectivity index (χ4n) is 4.22. The molecule has 0 heterocycles. The molecule has 34 heavy (non-hydrogen) atoms. The fraction of sp³-hybridized carbons (Fsp3) is 0.200. The van der Waals surface area contributed by atoms with Crippen molar-refractivity contribution >= 4 is 17.7 Å². The van der Waals surface area contributed by atoms with Crippen molar-refractivity contribution in [2.75, 3.05) is 13.7 Å². The number of amides is 1. The number of hydrogen-bond donors (Lipinski definition) is 2. The summed E-state index contributed by atoms with van der Waals surface area (Å²) >= 11 is 0. The second-order valence-corrected chi connectivity index (χ2v) is 7.83. The second-order valence-electron chi connectivity index (χ2n) is 7.83. The van der Waals surface area contributed by atoms with Crippen LogP contribution in [0.1, 0.15) is 22.6 Å². The average molecular weight is 462 g/mol. The molecular formula is C25H22N2O7. The van der Waals surface area contributed by atoms with Gasteiger partial charge in [0.2, 0.25) is 0 Å². The summed E-state index contributed by atoms with van der Waals surface area (Å²) in [6.45, 7) is 0.0419. The van der Waals surface area contributed by atoms with Crippen LogP contribution in [0.25, 0.3) is 11.1 Å². The summed E-state index contributed by atoms with van der Waals surface area (Å²) in [7, 11) is 1.31. The molecule has 174 valence electrons. The van der Waals surface area contributed by atoms with Crippen LogP contribution >= 0.6 is 0 Å². The molecule has 4 rings (SSSR count). The Kier molecular flexibility index (Phi) is 6.44. The zero-order valence-electron chi connectivity index (χ0n) is 18.3. The Morgan fingerprint density at radius 1 is 1.06 bits per heavy atom. The van der Waals surface area contributed by atoms with E-state index in [1.54, 1.807) is 0 Å². The number of carboxylic acids is 1. The molecule has 0 bridgehead atoms. The number of nitro groups is 1. The van der Waals surface area contributed by atoms with Gasteiger partial charge in [0.15, 0.2) is 5.75 Å². The molecule has 0 fully saturated rings. The highest BCUT2D eigenvalue weighted by atomic mass is 16.6. The number of ether oxygens (including phenoxy) is 2. The molecule has 1 amide bonds. The molecule has 9 nitrogen and oxygen atoms in total. The van der Waals surface area contributed by atoms with Gasteiger partial charge >= 0.3 is 17.7 Å². The number of benzene rings is 3. The number of nitrogens with one attached hydrogen (secondary N) is 1. The van der Waals surface area contributed by atoms with Crippen molar-refractivity contribution in [1.29, 1.82) is 0 Å². The summed E-state index contributed by atoms with van der Waals surface area (Å²) in [6, 6.07) is 18.6. The van der Waals surface area contributed by atoms with Crippen LogP contribution < -0.4 is 10.1 Å². The molecule has 0 aromatic heterocycles. The lowest BCUT2D eigenvalue weighted by atomic mass is 9.98. The monoisotopic (exact) mass is 462 g/mol. The maximum Gasteiger partial charge on any atom is 0.407 e. The highest BCUT2D eigenvalue weighted by Gasteiger charge is 2.30. The zero-order valence-corrected chi connectivity index (χ0v) is 18.3. The van der Waals surface area contributed by atoms with Crippen LogP contribution in [0.5, 0.6) is 5.75 Å². The lowest BCUT2D eigenvalue weighted by Crippen LogP contribution is -2.42. The molecule has 0 radical (unpaired) electrons. The summed E-state index contributed by atoms with van der Waals surface area (Å²) < 4.78 is 10.4. The molecule has 9 heteroatoms. The average Bonchev–Trinajstić information content (AvgIpc) is 3.16. The maximum absolute atomic E-state index is 12.5. The van der Waals surface area contributed by atoms with Gasteiger partial charge in [0.25, 0.3) is 0 Å². The van der Waals surface area contributed by atoms with E-state index in [0.29, 0.717) is 5.56 Å². The van der Waals surface area contributed by atoms with E-state index in [9.17, 15) is 24.8 Å². The van der Waals surface area contributed by atoms with Crippen molar-refractivity contribution in [3.05, 3.63) is 93.5 Å². The van der Waals surface area contributed by atoms with Crippen LogP contribution in [0.4, 0.5) is 10.5 Å². The van der Waals surface area contributed by atoms with Crippen molar-refractivity contribution in [2.24, 2.45) is 0 Å². The number of rotatable bonds is 8. The predicted molar refractivity (Wildman–Crippen MR) is 123 cm³/mol. The molecular weight excluding hydrogens is 440 g/mol. The number of carboxylic acid groups (broad SMARTS) is 1. The Hall–Kier alpha value is -4.40. The first-order chi connectivity index (χ1) is 16.4. The van der Waals surface area contributed by atoms with Crippen LogP contribution in [0.3, 0.4) is 0 Å². The fourth-order valence-corrected chi connectivity index (χ4v) is 4.22. The number of carbonyl (C=O) groups is 2. The second kappa shape index (κ2) is 9.62. The van der Waals surface area contributed by atoms with Crippen molar-refractivity contribution in [2.45, 2.75) is 18.4 Å². The third-order valence-corrected chi connectivity index (χ3v) is 5.81. The largest absolute Gasteiger partial charge is 0.490 e. The quantitative estimate of drug-likeness (QED) is 0.380. The molecule has 1 unspecified atom stereocenters. The summed E-state index contributed by atoms with van der Waals surface area (Å²) in [4.78, 5) is 34.8. The van der Waals surface area contributed by atoms with Gasteiger partial charge in [-0.15, -0.1) is 0 Å². The van der Waals surface area contributed by atoms with E-state index in [0.717, 1.165) is 22.3 Å². The first-order valence-corrected chi connectivity index (χ1v) is 10.5. The minimum Gasteiger partial charge on any atom is -0.490 e. The molecule has 1 atom stereocenters. The summed E-state index contributed by atoms with van der Waals surface area (Å²) in [6.07, 6.45) is -1.04. The van der Waals surface area contributed by atoms with Crippen molar-refractivity contribution in [3.8, 4) is 16.9 Å². The number of aliphatic carboxylic acids is 1. The van der Waals surface area contributed by atoms with Gasteiger partial charge in [0, 0.05) is 18.4 Å². The van der Waals surface area contributed by atoms with Crippen molar-refractivity contribution < 1.29 is 29.1 Å². The number of nitro benzene ring substituents is 1. The topological polar surface area (TPSA) is 128 Å². The minimum absolute atomic E-state index is 0.0419. The number of alkyl carbamates (subject to hydrolysis) is 1. The molecule has 1 aliphatic rings. The van der Waals surface area contributed by atoms with Gasteiger partial charge in [-0.2, -0.15) is 0 Å². The van der Waals surface area contributed by atoms with Gasteiger partial charge in [0.05, 0.1) is 12.0 Å². The zero-order chi connectivity index (χ0) is 24.2. The third kappa shape index (κ3) is 4.54. The lowest BCUT2D eigenvalue weighted by molar-refractivity contribution is -0.385. The van der Waals surface area contributed by atoms with Crippen LogP contribution in [0, 0.1) is 10.1 Å². The Labute approximate surface area is 195 Å². The van der Waals surface area contributed by atoms with Crippen LogP contribution in [-0.4, -0.2) is 41.9 Å². The number of carbonyl (C=O) groups excluding carboxylic acids is 1. The summed E-state index contributed by atoms with van der Waals surface area (Å²) in [5, 5.41) is 23.2.